The Morgan fingerprint density at radius 3 is 2.33 bits per heavy atom. The summed E-state index contributed by atoms with van der Waals surface area (Å²) in [5.74, 6) is 1.63. The fourth-order valence-corrected chi connectivity index (χ4v) is 2.65. The van der Waals surface area contributed by atoms with Crippen molar-refractivity contribution < 1.29 is 4.74 Å². The maximum Gasteiger partial charge on any atom is 0.253 e. The minimum Gasteiger partial charge on any atom is -0.497 e. The first-order valence-corrected chi connectivity index (χ1v) is 9.75. The molecule has 0 radical (unpaired) electrons. The zero-order valence-electron chi connectivity index (χ0n) is 17.9. The van der Waals surface area contributed by atoms with Gasteiger partial charge in [-0.15, -0.1) is 0 Å². The molecule has 0 unspecified atom stereocenters. The average Bonchev–Trinajstić information content (AvgIpc) is 2.74. The van der Waals surface area contributed by atoms with E-state index in [-0.39, 0.29) is 17.1 Å². The van der Waals surface area contributed by atoms with Gasteiger partial charge < -0.3 is 20.7 Å². The molecule has 0 spiro atoms. The summed E-state index contributed by atoms with van der Waals surface area (Å²) in [5, 5.41) is 9.26. The van der Waals surface area contributed by atoms with Gasteiger partial charge in [0.1, 0.15) is 22.9 Å². The standard InChI is InChI=1S/C22H27N5O3/c1-13(22(2,3)4)25-17-18(20(29)19(17)28)26-16-10-11-23-21(27-16)24-12-14-6-8-15(30-5)9-7-14/h6-11,13,25H,12H2,1-5H3,(H2,23,24,26,27)/t13-/m1/s1. The van der Waals surface area contributed by atoms with E-state index >= 15 is 0 Å². The van der Waals surface area contributed by atoms with Crippen LogP contribution in [0.4, 0.5) is 23.1 Å². The van der Waals surface area contributed by atoms with Crippen LogP contribution in [0.1, 0.15) is 33.3 Å². The number of rotatable bonds is 8. The molecular formula is C22H27N5O3. The molecule has 0 fully saturated rings. The van der Waals surface area contributed by atoms with Gasteiger partial charge in [0.2, 0.25) is 5.95 Å². The highest BCUT2D eigenvalue weighted by atomic mass is 16.5. The molecule has 3 aromatic rings. The molecule has 3 N–H and O–H groups in total. The van der Waals surface area contributed by atoms with Crippen LogP contribution >= 0.6 is 0 Å². The van der Waals surface area contributed by atoms with Crippen LogP contribution in [0.5, 0.6) is 5.75 Å². The third-order valence-electron chi connectivity index (χ3n) is 5.09. The zero-order chi connectivity index (χ0) is 21.9. The zero-order valence-corrected chi connectivity index (χ0v) is 17.9. The van der Waals surface area contributed by atoms with Crippen molar-refractivity contribution in [3.63, 3.8) is 0 Å². The van der Waals surface area contributed by atoms with Gasteiger partial charge in [-0.05, 0) is 36.1 Å². The average molecular weight is 409 g/mol. The quantitative estimate of drug-likeness (QED) is 0.487. The molecule has 2 aromatic carbocycles. The number of nitrogens with zero attached hydrogens (tertiary/aromatic N) is 2. The van der Waals surface area contributed by atoms with Crippen LogP contribution in [-0.2, 0) is 6.54 Å². The molecule has 0 saturated carbocycles. The molecule has 1 aromatic heterocycles. The Morgan fingerprint density at radius 2 is 1.70 bits per heavy atom. The van der Waals surface area contributed by atoms with Crippen molar-refractivity contribution in [2.45, 2.75) is 40.3 Å². The van der Waals surface area contributed by atoms with Crippen molar-refractivity contribution in [1.82, 2.24) is 9.97 Å². The lowest BCUT2D eigenvalue weighted by atomic mass is 9.87. The van der Waals surface area contributed by atoms with Crippen molar-refractivity contribution in [3.05, 3.63) is 62.5 Å². The molecule has 158 valence electrons. The van der Waals surface area contributed by atoms with Crippen LogP contribution < -0.4 is 31.5 Å². The lowest BCUT2D eigenvalue weighted by Gasteiger charge is -2.30. The monoisotopic (exact) mass is 409 g/mol. The second kappa shape index (κ2) is 8.52. The lowest BCUT2D eigenvalue weighted by Crippen LogP contribution is -2.41. The second-order valence-corrected chi connectivity index (χ2v) is 8.23. The van der Waals surface area contributed by atoms with Gasteiger partial charge in [-0.1, -0.05) is 32.9 Å². The summed E-state index contributed by atoms with van der Waals surface area (Å²) in [7, 11) is 1.63. The number of anilines is 4. The van der Waals surface area contributed by atoms with Crippen molar-refractivity contribution in [1.29, 1.82) is 0 Å². The van der Waals surface area contributed by atoms with Crippen LogP contribution in [0.15, 0.2) is 46.1 Å². The molecule has 3 rings (SSSR count). The first kappa shape index (κ1) is 21.3. The molecule has 30 heavy (non-hydrogen) atoms. The van der Waals surface area contributed by atoms with E-state index in [0.29, 0.717) is 24.0 Å². The predicted molar refractivity (Wildman–Crippen MR) is 120 cm³/mol. The Balaban J connectivity index is 1.69. The van der Waals surface area contributed by atoms with Crippen molar-refractivity contribution in [3.8, 4) is 5.75 Å². The molecule has 0 aliphatic carbocycles. The van der Waals surface area contributed by atoms with Gasteiger partial charge in [-0.25, -0.2) is 4.98 Å². The summed E-state index contributed by atoms with van der Waals surface area (Å²) in [6.45, 7) is 8.70. The van der Waals surface area contributed by atoms with Crippen molar-refractivity contribution in [2.75, 3.05) is 23.1 Å². The Hall–Kier alpha value is -3.42. The van der Waals surface area contributed by atoms with Crippen LogP contribution in [-0.4, -0.2) is 23.1 Å². The highest BCUT2D eigenvalue weighted by molar-refractivity contribution is 5.78. The minimum atomic E-state index is -0.551. The summed E-state index contributed by atoms with van der Waals surface area (Å²) in [4.78, 5) is 32.7. The van der Waals surface area contributed by atoms with Gasteiger partial charge in [0.25, 0.3) is 10.9 Å². The number of methoxy groups -OCH3 is 1. The molecule has 0 bridgehead atoms. The van der Waals surface area contributed by atoms with Crippen LogP contribution in [0.2, 0.25) is 0 Å². The van der Waals surface area contributed by atoms with Gasteiger partial charge in [0, 0.05) is 18.8 Å². The van der Waals surface area contributed by atoms with Gasteiger partial charge in [0.05, 0.1) is 7.11 Å². The van der Waals surface area contributed by atoms with Crippen LogP contribution in [0.25, 0.3) is 0 Å². The van der Waals surface area contributed by atoms with E-state index in [1.54, 1.807) is 19.4 Å². The molecule has 8 heteroatoms. The predicted octanol–water partition coefficient (Wildman–Crippen LogP) is 3.28. The number of benzene rings is 1. The van der Waals surface area contributed by atoms with E-state index in [1.165, 1.54) is 0 Å². The van der Waals surface area contributed by atoms with Crippen LogP contribution in [0.3, 0.4) is 0 Å². The highest BCUT2D eigenvalue weighted by Gasteiger charge is 2.27. The third kappa shape index (κ3) is 4.76. The summed E-state index contributed by atoms with van der Waals surface area (Å²) < 4.78 is 5.15. The molecule has 8 nitrogen and oxygen atoms in total. The van der Waals surface area contributed by atoms with Gasteiger partial charge in [-0.2, -0.15) is 4.98 Å². The summed E-state index contributed by atoms with van der Waals surface area (Å²) in [6.07, 6.45) is 1.59. The molecule has 1 atom stereocenters. The summed E-state index contributed by atoms with van der Waals surface area (Å²) in [6, 6.07) is 9.32. The first-order valence-electron chi connectivity index (χ1n) is 9.75. The first-order chi connectivity index (χ1) is 14.2. The maximum absolute atomic E-state index is 12.1. The van der Waals surface area contributed by atoms with Crippen molar-refractivity contribution >= 4 is 23.1 Å². The number of ether oxygens (including phenoxy) is 1. The molecule has 0 aliphatic rings. The van der Waals surface area contributed by atoms with E-state index in [9.17, 15) is 9.59 Å². The topological polar surface area (TPSA) is 105 Å². The van der Waals surface area contributed by atoms with E-state index < -0.39 is 10.9 Å². The van der Waals surface area contributed by atoms with Gasteiger partial charge in [-0.3, -0.25) is 9.59 Å². The Kier molecular flexibility index (Phi) is 6.05. The number of hydrogen-bond acceptors (Lipinski definition) is 8. The smallest absolute Gasteiger partial charge is 0.253 e. The molecule has 1 heterocycles. The fraction of sp³-hybridized carbons (Fsp3) is 0.364. The SMILES string of the molecule is COc1ccc(CNc2nccc(Nc3c(N[C@H](C)C(C)(C)C)c(=O)c3=O)n2)cc1. The fourth-order valence-electron chi connectivity index (χ4n) is 2.65. The number of aromatic nitrogens is 2. The summed E-state index contributed by atoms with van der Waals surface area (Å²) >= 11 is 0. The number of nitrogens with one attached hydrogen (secondary N) is 3. The van der Waals surface area contributed by atoms with E-state index in [0.717, 1.165) is 11.3 Å². The molecule has 0 saturated heterocycles. The maximum atomic E-state index is 12.1. The third-order valence-corrected chi connectivity index (χ3v) is 5.09. The Bertz CT molecular complexity index is 1080. The number of hydrogen-bond donors (Lipinski definition) is 3. The Morgan fingerprint density at radius 1 is 1.03 bits per heavy atom. The molecular weight excluding hydrogens is 382 g/mol. The molecule has 0 aliphatic heterocycles. The summed E-state index contributed by atoms with van der Waals surface area (Å²) in [5.41, 5.74) is 0.447. The van der Waals surface area contributed by atoms with Crippen LogP contribution in [0, 0.1) is 5.41 Å². The lowest BCUT2D eigenvalue weighted by molar-refractivity contribution is 0.359. The van der Waals surface area contributed by atoms with Gasteiger partial charge >= 0.3 is 0 Å². The highest BCUT2D eigenvalue weighted by Crippen LogP contribution is 2.26. The Labute approximate surface area is 175 Å². The van der Waals surface area contributed by atoms with E-state index in [2.05, 4.69) is 46.7 Å². The van der Waals surface area contributed by atoms with Crippen molar-refractivity contribution in [2.24, 2.45) is 5.41 Å². The van der Waals surface area contributed by atoms with E-state index in [4.69, 9.17) is 4.74 Å². The largest absolute Gasteiger partial charge is 0.497 e. The minimum absolute atomic E-state index is 0.00785. The van der Waals surface area contributed by atoms with Gasteiger partial charge in [0.15, 0.2) is 0 Å². The molecule has 0 amide bonds. The second-order valence-electron chi connectivity index (χ2n) is 8.23. The normalized spacial score (nSPS) is 12.4. The van der Waals surface area contributed by atoms with E-state index in [1.807, 2.05) is 31.2 Å².